The van der Waals surface area contributed by atoms with E-state index in [4.69, 9.17) is 4.74 Å². The van der Waals surface area contributed by atoms with Gasteiger partial charge in [0.25, 0.3) is 17.4 Å². The first-order valence-corrected chi connectivity index (χ1v) is 9.18. The number of likely N-dealkylation sites (tertiary alicyclic amines) is 1. The van der Waals surface area contributed by atoms with Gasteiger partial charge in [0.1, 0.15) is 17.1 Å². The maximum Gasteiger partial charge on any atom is 0.325 e. The van der Waals surface area contributed by atoms with Gasteiger partial charge >= 0.3 is 5.69 Å². The number of carbonyl (C=O) groups excluding carboxylic acids is 2. The molecule has 2 amide bonds. The molecule has 0 bridgehead atoms. The van der Waals surface area contributed by atoms with Crippen LogP contribution in [0.25, 0.3) is 0 Å². The van der Waals surface area contributed by atoms with Gasteiger partial charge < -0.3 is 19.9 Å². The summed E-state index contributed by atoms with van der Waals surface area (Å²) in [5.74, 6) is -0.749. The third-order valence-corrected chi connectivity index (χ3v) is 4.63. The van der Waals surface area contributed by atoms with Crippen molar-refractivity contribution in [3.8, 4) is 5.75 Å². The molecule has 1 aliphatic rings. The average molecular weight is 404 g/mol. The quantitative estimate of drug-likeness (QED) is 0.637. The first-order valence-electron chi connectivity index (χ1n) is 9.18. The van der Waals surface area contributed by atoms with Crippen LogP contribution in [-0.2, 0) is 4.79 Å². The van der Waals surface area contributed by atoms with Gasteiger partial charge in [-0.3, -0.25) is 19.4 Å². The van der Waals surface area contributed by atoms with Crippen LogP contribution in [-0.4, -0.2) is 52.9 Å². The molecule has 1 aromatic carbocycles. The van der Waals surface area contributed by atoms with Crippen molar-refractivity contribution < 1.29 is 18.7 Å². The van der Waals surface area contributed by atoms with Gasteiger partial charge in [-0.25, -0.2) is 9.18 Å². The SMILES string of the molecule is O=C(COc1ccc(F)cc1)NCC1CCCN(C(=O)c2c[nH]c(=O)[nH]c2=O)C1. The lowest BCUT2D eigenvalue weighted by atomic mass is 9.97. The molecule has 0 saturated carbocycles. The van der Waals surface area contributed by atoms with Crippen LogP contribution in [0.4, 0.5) is 4.39 Å². The Morgan fingerprint density at radius 3 is 2.72 bits per heavy atom. The van der Waals surface area contributed by atoms with Crippen molar-refractivity contribution in [1.82, 2.24) is 20.2 Å². The van der Waals surface area contributed by atoms with Crippen molar-refractivity contribution >= 4 is 11.8 Å². The predicted molar refractivity (Wildman–Crippen MR) is 101 cm³/mol. The van der Waals surface area contributed by atoms with E-state index in [2.05, 4.69) is 10.3 Å². The normalized spacial score (nSPS) is 16.3. The molecular formula is C19H21FN4O5. The maximum atomic E-state index is 12.9. The minimum absolute atomic E-state index is 0.0318. The number of rotatable bonds is 6. The lowest BCUT2D eigenvalue weighted by molar-refractivity contribution is -0.123. The zero-order valence-electron chi connectivity index (χ0n) is 15.6. The van der Waals surface area contributed by atoms with Gasteiger partial charge in [-0.15, -0.1) is 0 Å². The Morgan fingerprint density at radius 1 is 1.24 bits per heavy atom. The number of carbonyl (C=O) groups is 2. The van der Waals surface area contributed by atoms with Crippen molar-refractivity contribution in [3.63, 3.8) is 0 Å². The second kappa shape index (κ2) is 9.18. The zero-order valence-corrected chi connectivity index (χ0v) is 15.6. The number of H-pyrrole nitrogens is 2. The monoisotopic (exact) mass is 404 g/mol. The van der Waals surface area contributed by atoms with Crippen LogP contribution >= 0.6 is 0 Å². The summed E-state index contributed by atoms with van der Waals surface area (Å²) in [7, 11) is 0. The van der Waals surface area contributed by atoms with Crippen LogP contribution in [0.3, 0.4) is 0 Å². The largest absolute Gasteiger partial charge is 0.484 e. The average Bonchev–Trinajstić information content (AvgIpc) is 2.71. The van der Waals surface area contributed by atoms with Crippen LogP contribution in [0, 0.1) is 11.7 Å². The highest BCUT2D eigenvalue weighted by atomic mass is 19.1. The summed E-state index contributed by atoms with van der Waals surface area (Å²) in [5, 5.41) is 2.76. The second-order valence-corrected chi connectivity index (χ2v) is 6.79. The van der Waals surface area contributed by atoms with Crippen LogP contribution < -0.4 is 21.3 Å². The Labute approximate surface area is 164 Å². The number of nitrogens with zero attached hydrogens (tertiary/aromatic N) is 1. The summed E-state index contributed by atoms with van der Waals surface area (Å²) in [5.41, 5.74) is -1.53. The third-order valence-electron chi connectivity index (χ3n) is 4.63. The van der Waals surface area contributed by atoms with Gasteiger partial charge in [0.05, 0.1) is 0 Å². The van der Waals surface area contributed by atoms with Crippen LogP contribution in [0.2, 0.25) is 0 Å². The molecule has 2 aromatic rings. The number of piperidine rings is 1. The van der Waals surface area contributed by atoms with Gasteiger partial charge in [0.2, 0.25) is 0 Å². The van der Waals surface area contributed by atoms with Crippen LogP contribution in [0.5, 0.6) is 5.75 Å². The van der Waals surface area contributed by atoms with Crippen molar-refractivity contribution in [1.29, 1.82) is 0 Å². The molecule has 1 saturated heterocycles. The highest BCUT2D eigenvalue weighted by Gasteiger charge is 2.26. The number of hydrogen-bond acceptors (Lipinski definition) is 5. The van der Waals surface area contributed by atoms with E-state index in [9.17, 15) is 23.6 Å². The number of halogens is 1. The van der Waals surface area contributed by atoms with Crippen molar-refractivity contribution in [2.24, 2.45) is 5.92 Å². The highest BCUT2D eigenvalue weighted by Crippen LogP contribution is 2.17. The van der Waals surface area contributed by atoms with Gasteiger partial charge in [-0.1, -0.05) is 0 Å². The molecule has 1 aliphatic heterocycles. The fraction of sp³-hybridized carbons (Fsp3) is 0.368. The summed E-state index contributed by atoms with van der Waals surface area (Å²) >= 11 is 0. The Hall–Kier alpha value is -3.43. The minimum Gasteiger partial charge on any atom is -0.484 e. The van der Waals surface area contributed by atoms with E-state index >= 15 is 0 Å². The van der Waals surface area contributed by atoms with E-state index in [0.29, 0.717) is 25.4 Å². The molecule has 3 N–H and O–H groups in total. The van der Waals surface area contributed by atoms with E-state index in [-0.39, 0.29) is 29.8 Å². The van der Waals surface area contributed by atoms with E-state index in [1.165, 1.54) is 29.2 Å². The number of aromatic nitrogens is 2. The Morgan fingerprint density at radius 2 is 2.00 bits per heavy atom. The minimum atomic E-state index is -0.730. The number of hydrogen-bond donors (Lipinski definition) is 3. The van der Waals surface area contributed by atoms with Gasteiger partial charge in [-0.2, -0.15) is 0 Å². The van der Waals surface area contributed by atoms with Crippen molar-refractivity contribution in [2.45, 2.75) is 12.8 Å². The zero-order chi connectivity index (χ0) is 20.8. The van der Waals surface area contributed by atoms with Gasteiger partial charge in [0.15, 0.2) is 6.61 Å². The molecule has 0 radical (unpaired) electrons. The molecule has 9 nitrogen and oxygen atoms in total. The topological polar surface area (TPSA) is 124 Å². The van der Waals surface area contributed by atoms with Gasteiger partial charge in [-0.05, 0) is 43.0 Å². The number of nitrogens with one attached hydrogen (secondary N) is 3. The fourth-order valence-corrected chi connectivity index (χ4v) is 3.14. The summed E-state index contributed by atoms with van der Waals surface area (Å²) in [6.45, 7) is 1.04. The van der Waals surface area contributed by atoms with E-state index in [1.807, 2.05) is 4.98 Å². The summed E-state index contributed by atoms with van der Waals surface area (Å²) < 4.78 is 18.1. The van der Waals surface area contributed by atoms with E-state index in [0.717, 1.165) is 19.0 Å². The molecule has 1 fully saturated rings. The predicted octanol–water partition coefficient (Wildman–Crippen LogP) is 0.250. The smallest absolute Gasteiger partial charge is 0.325 e. The van der Waals surface area contributed by atoms with Gasteiger partial charge in [0, 0.05) is 25.8 Å². The Balaban J connectivity index is 1.48. The summed E-state index contributed by atoms with van der Waals surface area (Å²) in [6, 6.07) is 5.36. The molecule has 2 heterocycles. The number of aromatic amines is 2. The molecular weight excluding hydrogens is 383 g/mol. The Bertz CT molecular complexity index is 985. The molecule has 0 aliphatic carbocycles. The third kappa shape index (κ3) is 5.53. The molecule has 10 heteroatoms. The Kier molecular flexibility index (Phi) is 6.43. The second-order valence-electron chi connectivity index (χ2n) is 6.79. The maximum absolute atomic E-state index is 12.9. The molecule has 3 rings (SSSR count). The number of amides is 2. The van der Waals surface area contributed by atoms with Crippen molar-refractivity contribution in [3.05, 3.63) is 62.7 Å². The fourth-order valence-electron chi connectivity index (χ4n) is 3.14. The molecule has 0 spiro atoms. The standard InChI is InChI=1S/C19H21FN4O5/c20-13-3-5-14(6-4-13)29-11-16(25)21-8-12-2-1-7-24(10-12)18(27)15-9-22-19(28)23-17(15)26/h3-6,9,12H,1-2,7-8,10-11H2,(H,21,25)(H2,22,23,26,28). The lowest BCUT2D eigenvalue weighted by Crippen LogP contribution is -2.45. The number of ether oxygens (including phenoxy) is 1. The molecule has 1 unspecified atom stereocenters. The van der Waals surface area contributed by atoms with E-state index in [1.54, 1.807) is 0 Å². The summed E-state index contributed by atoms with van der Waals surface area (Å²) in [6.07, 6.45) is 2.67. The molecule has 154 valence electrons. The summed E-state index contributed by atoms with van der Waals surface area (Å²) in [4.78, 5) is 53.3. The lowest BCUT2D eigenvalue weighted by Gasteiger charge is -2.32. The first kappa shape index (κ1) is 20.3. The molecule has 29 heavy (non-hydrogen) atoms. The molecule has 1 atom stereocenters. The van der Waals surface area contributed by atoms with Crippen LogP contribution in [0.1, 0.15) is 23.2 Å². The highest BCUT2D eigenvalue weighted by molar-refractivity contribution is 5.93. The van der Waals surface area contributed by atoms with Crippen LogP contribution in [0.15, 0.2) is 40.1 Å². The molecule has 1 aromatic heterocycles. The first-order chi connectivity index (χ1) is 13.9. The van der Waals surface area contributed by atoms with Crippen molar-refractivity contribution in [2.75, 3.05) is 26.2 Å². The number of benzene rings is 1. The van der Waals surface area contributed by atoms with E-state index < -0.39 is 17.2 Å².